The largest absolute Gasteiger partial charge is 0.380 e. The molecule has 0 radical (unpaired) electrons. The highest BCUT2D eigenvalue weighted by atomic mass is 32.2. The Labute approximate surface area is 79.4 Å². The van der Waals surface area contributed by atoms with E-state index in [-0.39, 0.29) is 0 Å². The van der Waals surface area contributed by atoms with Gasteiger partial charge in [0.15, 0.2) is 0 Å². The molecule has 1 aliphatic heterocycles. The molecule has 0 aromatic rings. The predicted octanol–water partition coefficient (Wildman–Crippen LogP) is 1.51. The first-order valence-electron chi connectivity index (χ1n) is 4.65. The monoisotopic (exact) mass is 189 g/mol. The molecule has 0 saturated carbocycles. The normalized spacial score (nSPS) is 27.0. The van der Waals surface area contributed by atoms with Crippen molar-refractivity contribution in [1.82, 2.24) is 5.32 Å². The lowest BCUT2D eigenvalue weighted by Gasteiger charge is -2.26. The van der Waals surface area contributed by atoms with Crippen molar-refractivity contribution in [1.29, 1.82) is 0 Å². The minimum atomic E-state index is 0.598. The number of hydrogen-bond donors (Lipinski definition) is 1. The number of nitrogens with one attached hydrogen (secondary N) is 1. The number of thioether (sulfide) groups is 1. The van der Waals surface area contributed by atoms with Crippen LogP contribution in [0.1, 0.15) is 19.8 Å². The van der Waals surface area contributed by atoms with Gasteiger partial charge in [0.25, 0.3) is 0 Å². The molecule has 1 saturated heterocycles. The van der Waals surface area contributed by atoms with E-state index in [1.807, 2.05) is 11.8 Å². The molecule has 1 N–H and O–H groups in total. The fourth-order valence-electron chi connectivity index (χ4n) is 1.57. The molecule has 0 aliphatic carbocycles. The Balaban J connectivity index is 2.11. The van der Waals surface area contributed by atoms with Gasteiger partial charge in [-0.15, -0.1) is 0 Å². The summed E-state index contributed by atoms with van der Waals surface area (Å²) >= 11 is 1.89. The second kappa shape index (κ2) is 5.84. The first kappa shape index (κ1) is 10.4. The molecule has 0 bridgehead atoms. The summed E-state index contributed by atoms with van der Waals surface area (Å²) in [4.78, 5) is 0. The first-order valence-corrected chi connectivity index (χ1v) is 6.05. The first-order chi connectivity index (χ1) is 5.83. The van der Waals surface area contributed by atoms with Crippen LogP contribution in [0.25, 0.3) is 0 Å². The van der Waals surface area contributed by atoms with E-state index in [2.05, 4.69) is 18.5 Å². The van der Waals surface area contributed by atoms with Crippen molar-refractivity contribution in [3.8, 4) is 0 Å². The van der Waals surface area contributed by atoms with Crippen LogP contribution in [0.3, 0.4) is 0 Å². The third kappa shape index (κ3) is 3.78. The van der Waals surface area contributed by atoms with Gasteiger partial charge < -0.3 is 10.1 Å². The van der Waals surface area contributed by atoms with Gasteiger partial charge in [0, 0.05) is 24.4 Å². The van der Waals surface area contributed by atoms with Crippen LogP contribution in [0.2, 0.25) is 0 Å². The molecule has 0 aromatic carbocycles. The third-order valence-electron chi connectivity index (χ3n) is 2.10. The topological polar surface area (TPSA) is 21.3 Å². The highest BCUT2D eigenvalue weighted by Crippen LogP contribution is 2.07. The molecule has 0 spiro atoms. The number of ether oxygens (including phenoxy) is 1. The van der Waals surface area contributed by atoms with Gasteiger partial charge in [-0.05, 0) is 26.0 Å². The highest BCUT2D eigenvalue weighted by molar-refractivity contribution is 7.98. The van der Waals surface area contributed by atoms with Gasteiger partial charge >= 0.3 is 0 Å². The van der Waals surface area contributed by atoms with E-state index >= 15 is 0 Å². The zero-order valence-electron chi connectivity index (χ0n) is 8.01. The maximum absolute atomic E-state index is 5.39. The van der Waals surface area contributed by atoms with Crippen molar-refractivity contribution in [3.63, 3.8) is 0 Å². The molecule has 1 rings (SSSR count). The molecule has 0 aromatic heterocycles. The summed E-state index contributed by atoms with van der Waals surface area (Å²) in [6.07, 6.45) is 4.64. The molecular weight excluding hydrogens is 170 g/mol. The lowest BCUT2D eigenvalue weighted by molar-refractivity contribution is 0.0680. The van der Waals surface area contributed by atoms with E-state index in [1.54, 1.807) is 0 Å². The quantitative estimate of drug-likeness (QED) is 0.724. The lowest BCUT2D eigenvalue weighted by atomic mass is 10.1. The SMILES string of the molecule is CSCC(C)NC1CCCOC1. The molecule has 3 heteroatoms. The Morgan fingerprint density at radius 1 is 1.67 bits per heavy atom. The molecule has 2 atom stereocenters. The molecular formula is C9H19NOS. The zero-order chi connectivity index (χ0) is 8.81. The number of hydrogen-bond acceptors (Lipinski definition) is 3. The minimum absolute atomic E-state index is 0.598. The molecule has 2 unspecified atom stereocenters. The van der Waals surface area contributed by atoms with Crippen molar-refractivity contribution in [2.24, 2.45) is 0 Å². The summed E-state index contributed by atoms with van der Waals surface area (Å²) < 4.78 is 5.39. The van der Waals surface area contributed by atoms with Gasteiger partial charge in [-0.2, -0.15) is 11.8 Å². The van der Waals surface area contributed by atoms with E-state index in [4.69, 9.17) is 4.74 Å². The molecule has 1 heterocycles. The van der Waals surface area contributed by atoms with E-state index in [0.717, 1.165) is 13.2 Å². The molecule has 12 heavy (non-hydrogen) atoms. The summed E-state index contributed by atoms with van der Waals surface area (Å²) in [6.45, 7) is 4.10. The van der Waals surface area contributed by atoms with Crippen LogP contribution in [0, 0.1) is 0 Å². The number of rotatable bonds is 4. The van der Waals surface area contributed by atoms with Crippen molar-refractivity contribution in [3.05, 3.63) is 0 Å². The summed E-state index contributed by atoms with van der Waals surface area (Å²) in [7, 11) is 0. The fourth-order valence-corrected chi connectivity index (χ4v) is 2.17. The van der Waals surface area contributed by atoms with Gasteiger partial charge in [-0.3, -0.25) is 0 Å². The van der Waals surface area contributed by atoms with Crippen molar-refractivity contribution >= 4 is 11.8 Å². The summed E-state index contributed by atoms with van der Waals surface area (Å²) in [5.74, 6) is 1.19. The summed E-state index contributed by atoms with van der Waals surface area (Å²) in [6, 6.07) is 1.22. The second-order valence-corrected chi connectivity index (χ2v) is 4.35. The van der Waals surface area contributed by atoms with Crippen LogP contribution < -0.4 is 5.32 Å². The van der Waals surface area contributed by atoms with E-state index in [1.165, 1.54) is 18.6 Å². The zero-order valence-corrected chi connectivity index (χ0v) is 8.82. The molecule has 1 aliphatic rings. The standard InChI is InChI=1S/C9H19NOS/c1-8(7-12-2)10-9-4-3-5-11-6-9/h8-10H,3-7H2,1-2H3. The summed E-state index contributed by atoms with van der Waals surface area (Å²) in [5.41, 5.74) is 0. The van der Waals surface area contributed by atoms with Crippen molar-refractivity contribution in [2.75, 3.05) is 25.2 Å². The molecule has 72 valence electrons. The molecule has 2 nitrogen and oxygen atoms in total. The van der Waals surface area contributed by atoms with Crippen LogP contribution in [0.15, 0.2) is 0 Å². The van der Waals surface area contributed by atoms with Crippen LogP contribution >= 0.6 is 11.8 Å². The Hall–Kier alpha value is 0.270. The minimum Gasteiger partial charge on any atom is -0.380 e. The van der Waals surface area contributed by atoms with Crippen molar-refractivity contribution < 1.29 is 4.74 Å². The van der Waals surface area contributed by atoms with Gasteiger partial charge in [0.2, 0.25) is 0 Å². The average Bonchev–Trinajstić information content (AvgIpc) is 2.06. The highest BCUT2D eigenvalue weighted by Gasteiger charge is 2.15. The molecule has 0 amide bonds. The van der Waals surface area contributed by atoms with Gasteiger partial charge in [0.05, 0.1) is 6.61 Å². The van der Waals surface area contributed by atoms with Gasteiger partial charge in [0.1, 0.15) is 0 Å². The average molecular weight is 189 g/mol. The van der Waals surface area contributed by atoms with E-state index in [9.17, 15) is 0 Å². The van der Waals surface area contributed by atoms with Crippen LogP contribution in [0.5, 0.6) is 0 Å². The van der Waals surface area contributed by atoms with E-state index in [0.29, 0.717) is 12.1 Å². The van der Waals surface area contributed by atoms with Crippen LogP contribution in [-0.2, 0) is 4.74 Å². The predicted molar refractivity (Wildman–Crippen MR) is 54.8 cm³/mol. The Kier molecular flexibility index (Phi) is 5.04. The Bertz CT molecular complexity index is 115. The van der Waals surface area contributed by atoms with Crippen LogP contribution in [-0.4, -0.2) is 37.3 Å². The van der Waals surface area contributed by atoms with Crippen molar-refractivity contribution in [2.45, 2.75) is 31.8 Å². The Morgan fingerprint density at radius 3 is 3.08 bits per heavy atom. The fraction of sp³-hybridized carbons (Fsp3) is 1.00. The smallest absolute Gasteiger partial charge is 0.0619 e. The maximum Gasteiger partial charge on any atom is 0.0619 e. The Morgan fingerprint density at radius 2 is 2.50 bits per heavy atom. The van der Waals surface area contributed by atoms with Crippen LogP contribution in [0.4, 0.5) is 0 Å². The molecule has 1 fully saturated rings. The van der Waals surface area contributed by atoms with Gasteiger partial charge in [-0.1, -0.05) is 0 Å². The lowest BCUT2D eigenvalue weighted by Crippen LogP contribution is -2.42. The second-order valence-electron chi connectivity index (χ2n) is 3.44. The maximum atomic E-state index is 5.39. The van der Waals surface area contributed by atoms with E-state index < -0.39 is 0 Å². The summed E-state index contributed by atoms with van der Waals surface area (Å²) in [5, 5.41) is 3.57. The van der Waals surface area contributed by atoms with Gasteiger partial charge in [-0.25, -0.2) is 0 Å². The third-order valence-corrected chi connectivity index (χ3v) is 2.93.